The van der Waals surface area contributed by atoms with E-state index in [1.807, 2.05) is 6.26 Å². The summed E-state index contributed by atoms with van der Waals surface area (Å²) in [5, 5.41) is 14.6. The van der Waals surface area contributed by atoms with Crippen LogP contribution in [0.4, 0.5) is 0 Å². The first-order valence-electron chi connectivity index (χ1n) is 10.2. The number of amides is 3. The van der Waals surface area contributed by atoms with Gasteiger partial charge < -0.3 is 31.4 Å². The molecule has 4 unspecified atom stereocenters. The molecule has 0 radical (unpaired) electrons. The molecule has 1 aliphatic heterocycles. The standard InChI is InChI=1S/C19H30N6O5S2/c1-32-6-4-13(23-16(26)12(20)7-11-8-21-10-22-11)17(27)24-14(9-31)18(28)25-5-2-3-15(25)19(29)30/h8,10,12-15,31H,2-7,9,20H2,1H3,(H,21,22)(H,23,26)(H,24,27)(H,29,30). The molecular weight excluding hydrogens is 456 g/mol. The van der Waals surface area contributed by atoms with E-state index in [-0.39, 0.29) is 12.2 Å². The minimum absolute atomic E-state index is 0.00402. The number of carboxylic acid groups (broad SMARTS) is 1. The van der Waals surface area contributed by atoms with Crippen molar-refractivity contribution in [2.24, 2.45) is 5.73 Å². The monoisotopic (exact) mass is 486 g/mol. The van der Waals surface area contributed by atoms with E-state index in [9.17, 15) is 24.3 Å². The fourth-order valence-corrected chi connectivity index (χ4v) is 4.17. The van der Waals surface area contributed by atoms with Gasteiger partial charge in [0.05, 0.1) is 12.4 Å². The van der Waals surface area contributed by atoms with Crippen LogP contribution in [0.2, 0.25) is 0 Å². The second kappa shape index (κ2) is 12.7. The maximum absolute atomic E-state index is 12.9. The maximum Gasteiger partial charge on any atom is 0.326 e. The summed E-state index contributed by atoms with van der Waals surface area (Å²) in [6.07, 6.45) is 6.44. The topological polar surface area (TPSA) is 171 Å². The lowest BCUT2D eigenvalue weighted by molar-refractivity contribution is -0.149. The molecule has 1 aromatic heterocycles. The third kappa shape index (κ3) is 7.14. The highest BCUT2D eigenvalue weighted by Gasteiger charge is 2.38. The molecular formula is C19H30N6O5S2. The Hall–Kier alpha value is -2.25. The van der Waals surface area contributed by atoms with Crippen molar-refractivity contribution in [3.8, 4) is 0 Å². The average Bonchev–Trinajstić information content (AvgIpc) is 3.46. The van der Waals surface area contributed by atoms with Gasteiger partial charge in [-0.3, -0.25) is 14.4 Å². The minimum atomic E-state index is -1.07. The molecule has 4 atom stereocenters. The van der Waals surface area contributed by atoms with E-state index in [4.69, 9.17) is 5.73 Å². The Morgan fingerprint density at radius 3 is 2.66 bits per heavy atom. The normalized spacial score (nSPS) is 18.6. The molecule has 0 spiro atoms. The van der Waals surface area contributed by atoms with Crippen LogP contribution >= 0.6 is 24.4 Å². The summed E-state index contributed by atoms with van der Waals surface area (Å²) in [7, 11) is 0. The Morgan fingerprint density at radius 2 is 2.06 bits per heavy atom. The lowest BCUT2D eigenvalue weighted by Crippen LogP contribution is -2.58. The van der Waals surface area contributed by atoms with Crippen molar-refractivity contribution >= 4 is 48.1 Å². The second-order valence-corrected chi connectivity index (χ2v) is 8.85. The lowest BCUT2D eigenvalue weighted by Gasteiger charge is -2.28. The maximum atomic E-state index is 12.9. The molecule has 0 aromatic carbocycles. The van der Waals surface area contributed by atoms with E-state index < -0.39 is 47.9 Å². The number of likely N-dealkylation sites (tertiary alicyclic amines) is 1. The SMILES string of the molecule is CSCCC(NC(=O)C(N)Cc1cnc[nH]1)C(=O)NC(CS)C(=O)N1CCCC1C(=O)O. The van der Waals surface area contributed by atoms with E-state index in [1.54, 1.807) is 6.20 Å². The largest absolute Gasteiger partial charge is 0.480 e. The number of aliphatic carboxylic acids is 1. The van der Waals surface area contributed by atoms with Crippen molar-refractivity contribution in [3.05, 3.63) is 18.2 Å². The highest BCUT2D eigenvalue weighted by molar-refractivity contribution is 7.98. The van der Waals surface area contributed by atoms with Gasteiger partial charge in [0.15, 0.2) is 0 Å². The number of nitrogens with one attached hydrogen (secondary N) is 3. The van der Waals surface area contributed by atoms with Crippen molar-refractivity contribution in [2.45, 2.75) is 49.9 Å². The molecule has 11 nitrogen and oxygen atoms in total. The van der Waals surface area contributed by atoms with Gasteiger partial charge in [0.1, 0.15) is 18.1 Å². The molecule has 3 amide bonds. The number of carboxylic acids is 1. The van der Waals surface area contributed by atoms with Crippen LogP contribution in [0.3, 0.4) is 0 Å². The van der Waals surface area contributed by atoms with Crippen LogP contribution in [0.5, 0.6) is 0 Å². The van der Waals surface area contributed by atoms with Crippen molar-refractivity contribution in [3.63, 3.8) is 0 Å². The zero-order chi connectivity index (χ0) is 23.7. The first kappa shape index (κ1) is 26.0. The molecule has 0 bridgehead atoms. The zero-order valence-corrected chi connectivity index (χ0v) is 19.5. The predicted octanol–water partition coefficient (Wildman–Crippen LogP) is -0.992. The summed E-state index contributed by atoms with van der Waals surface area (Å²) in [4.78, 5) is 57.7. The first-order valence-corrected chi connectivity index (χ1v) is 12.3. The number of imidazole rings is 1. The van der Waals surface area contributed by atoms with Gasteiger partial charge in [0, 0.05) is 30.6 Å². The first-order chi connectivity index (χ1) is 15.3. The zero-order valence-electron chi connectivity index (χ0n) is 17.8. The number of aromatic nitrogens is 2. The van der Waals surface area contributed by atoms with E-state index in [2.05, 4.69) is 33.2 Å². The number of nitrogens with two attached hydrogens (primary N) is 1. The molecule has 2 heterocycles. The van der Waals surface area contributed by atoms with Crippen LogP contribution in [-0.2, 0) is 25.6 Å². The average molecular weight is 487 g/mol. The highest BCUT2D eigenvalue weighted by Crippen LogP contribution is 2.19. The fraction of sp³-hybridized carbons (Fsp3) is 0.632. The smallest absolute Gasteiger partial charge is 0.326 e. The number of carbonyl (C=O) groups excluding carboxylic acids is 3. The van der Waals surface area contributed by atoms with Crippen molar-refractivity contribution in [2.75, 3.05) is 24.3 Å². The molecule has 1 saturated heterocycles. The number of hydrogen-bond acceptors (Lipinski definition) is 8. The molecule has 32 heavy (non-hydrogen) atoms. The molecule has 6 N–H and O–H groups in total. The van der Waals surface area contributed by atoms with Gasteiger partial charge in [-0.05, 0) is 31.3 Å². The van der Waals surface area contributed by atoms with Crippen LogP contribution in [-0.4, -0.2) is 92.1 Å². The Morgan fingerprint density at radius 1 is 1.34 bits per heavy atom. The summed E-state index contributed by atoms with van der Waals surface area (Å²) in [6, 6.07) is -3.69. The third-order valence-electron chi connectivity index (χ3n) is 5.19. The summed E-state index contributed by atoms with van der Waals surface area (Å²) in [5.74, 6) is -2.02. The Balaban J connectivity index is 2.02. The van der Waals surface area contributed by atoms with Crippen molar-refractivity contribution < 1.29 is 24.3 Å². The Bertz CT molecular complexity index is 793. The highest BCUT2D eigenvalue weighted by atomic mass is 32.2. The molecule has 178 valence electrons. The summed E-state index contributed by atoms with van der Waals surface area (Å²) in [5.41, 5.74) is 6.65. The number of hydrogen-bond donors (Lipinski definition) is 6. The van der Waals surface area contributed by atoms with E-state index >= 15 is 0 Å². The van der Waals surface area contributed by atoms with Gasteiger partial charge in [-0.15, -0.1) is 0 Å². The lowest BCUT2D eigenvalue weighted by atomic mass is 10.1. The minimum Gasteiger partial charge on any atom is -0.480 e. The number of carbonyl (C=O) groups is 4. The number of thiol groups is 1. The van der Waals surface area contributed by atoms with Crippen LogP contribution in [0.1, 0.15) is 25.0 Å². The fourth-order valence-electron chi connectivity index (χ4n) is 3.45. The van der Waals surface area contributed by atoms with Gasteiger partial charge in [-0.1, -0.05) is 0 Å². The van der Waals surface area contributed by atoms with Gasteiger partial charge >= 0.3 is 5.97 Å². The van der Waals surface area contributed by atoms with E-state index in [0.29, 0.717) is 37.3 Å². The third-order valence-corrected chi connectivity index (χ3v) is 6.20. The number of aromatic amines is 1. The van der Waals surface area contributed by atoms with Crippen molar-refractivity contribution in [1.29, 1.82) is 0 Å². The number of nitrogens with zero attached hydrogens (tertiary/aromatic N) is 2. The molecule has 2 rings (SSSR count). The number of rotatable bonds is 12. The Labute approximate surface area is 196 Å². The van der Waals surface area contributed by atoms with Crippen LogP contribution < -0.4 is 16.4 Å². The quantitative estimate of drug-likeness (QED) is 0.204. The summed E-state index contributed by atoms with van der Waals surface area (Å²) < 4.78 is 0. The van der Waals surface area contributed by atoms with E-state index in [1.165, 1.54) is 23.0 Å². The van der Waals surface area contributed by atoms with Crippen LogP contribution in [0.25, 0.3) is 0 Å². The van der Waals surface area contributed by atoms with Gasteiger partial charge in [0.25, 0.3) is 0 Å². The van der Waals surface area contributed by atoms with Gasteiger partial charge in [0.2, 0.25) is 17.7 Å². The molecule has 1 fully saturated rings. The van der Waals surface area contributed by atoms with Crippen LogP contribution in [0, 0.1) is 0 Å². The summed E-state index contributed by atoms with van der Waals surface area (Å²) >= 11 is 5.67. The molecule has 13 heteroatoms. The predicted molar refractivity (Wildman–Crippen MR) is 123 cm³/mol. The second-order valence-electron chi connectivity index (χ2n) is 7.50. The molecule has 1 aromatic rings. The van der Waals surface area contributed by atoms with Gasteiger partial charge in [-0.2, -0.15) is 24.4 Å². The van der Waals surface area contributed by atoms with Crippen molar-refractivity contribution in [1.82, 2.24) is 25.5 Å². The van der Waals surface area contributed by atoms with Gasteiger partial charge in [-0.25, -0.2) is 9.78 Å². The molecule has 1 aliphatic rings. The molecule has 0 aliphatic carbocycles. The number of thioether (sulfide) groups is 1. The Kier molecular flexibility index (Phi) is 10.3. The summed E-state index contributed by atoms with van der Waals surface area (Å²) in [6.45, 7) is 0.311. The van der Waals surface area contributed by atoms with E-state index in [0.717, 1.165) is 0 Å². The molecule has 0 saturated carbocycles. The van der Waals surface area contributed by atoms with Crippen LogP contribution in [0.15, 0.2) is 12.5 Å². The number of H-pyrrole nitrogens is 1.